The van der Waals surface area contributed by atoms with Crippen molar-refractivity contribution in [2.45, 2.75) is 6.92 Å². The number of allylic oxidation sites excluding steroid dienone is 2. The largest absolute Gasteiger partial charge is 0.494 e. The second-order valence-corrected chi connectivity index (χ2v) is 6.84. The van der Waals surface area contributed by atoms with Gasteiger partial charge in [0, 0.05) is 17.0 Å². The number of halogens is 1. The Balaban J connectivity index is 1.98. The van der Waals surface area contributed by atoms with Crippen LogP contribution in [0.25, 0.3) is 23.4 Å². The van der Waals surface area contributed by atoms with E-state index >= 15 is 0 Å². The van der Waals surface area contributed by atoms with Gasteiger partial charge in [0.2, 0.25) is 5.88 Å². The van der Waals surface area contributed by atoms with E-state index in [4.69, 9.17) is 4.74 Å². The molecule has 0 unspecified atom stereocenters. The molecule has 0 spiro atoms. The third-order valence-corrected chi connectivity index (χ3v) is 5.11. The van der Waals surface area contributed by atoms with Crippen LogP contribution in [0.3, 0.4) is 0 Å². The lowest BCUT2D eigenvalue weighted by molar-refractivity contribution is -0.109. The maximum absolute atomic E-state index is 13.4. The lowest BCUT2D eigenvalue weighted by Gasteiger charge is -2.13. The summed E-state index contributed by atoms with van der Waals surface area (Å²) in [5.74, 6) is -1.56. The van der Waals surface area contributed by atoms with Crippen LogP contribution in [0.15, 0.2) is 54.6 Å². The van der Waals surface area contributed by atoms with E-state index in [1.807, 2.05) is 18.2 Å². The summed E-state index contributed by atoms with van der Waals surface area (Å²) < 4.78 is 19.7. The Morgan fingerprint density at radius 3 is 2.50 bits per heavy atom. The van der Waals surface area contributed by atoms with Crippen molar-refractivity contribution in [3.63, 3.8) is 0 Å². The molecule has 0 saturated carbocycles. The van der Waals surface area contributed by atoms with Gasteiger partial charge in [0.1, 0.15) is 5.82 Å². The second-order valence-electron chi connectivity index (χ2n) is 6.84. The van der Waals surface area contributed by atoms with Crippen LogP contribution in [0.2, 0.25) is 0 Å². The topological polar surface area (TPSA) is 68.5 Å². The molecule has 0 bridgehead atoms. The predicted octanol–water partition coefficient (Wildman–Crippen LogP) is 4.55. The Labute approximate surface area is 172 Å². The lowest BCUT2D eigenvalue weighted by atomic mass is 9.90. The van der Waals surface area contributed by atoms with E-state index in [1.165, 1.54) is 48.1 Å². The Morgan fingerprint density at radius 2 is 1.80 bits per heavy atom. The van der Waals surface area contributed by atoms with Gasteiger partial charge in [-0.05, 0) is 54.5 Å². The standard InChI is InChI=1S/C24H18FNO4/c1-14-22(24(29)30-2)20(23(28)26(14)17-10-8-16(25)9-11-17)13-19-18-6-4-3-5-15(18)7-12-21(19)27/h3-13,28H,1-2H3. The van der Waals surface area contributed by atoms with Crippen LogP contribution in [0, 0.1) is 12.7 Å². The van der Waals surface area contributed by atoms with Gasteiger partial charge in [-0.2, -0.15) is 0 Å². The van der Waals surface area contributed by atoms with Crippen LogP contribution < -0.4 is 0 Å². The van der Waals surface area contributed by atoms with Crippen molar-refractivity contribution in [1.29, 1.82) is 0 Å². The fourth-order valence-electron chi connectivity index (χ4n) is 3.67. The Bertz CT molecular complexity index is 1230. The fourth-order valence-corrected chi connectivity index (χ4v) is 3.67. The highest BCUT2D eigenvalue weighted by Crippen LogP contribution is 2.37. The lowest BCUT2D eigenvalue weighted by Crippen LogP contribution is -2.07. The number of fused-ring (bicyclic) bond motifs is 1. The molecule has 0 radical (unpaired) electrons. The Kier molecular flexibility index (Phi) is 4.83. The molecule has 1 aliphatic rings. The molecule has 0 aliphatic heterocycles. The first kappa shape index (κ1) is 19.4. The Morgan fingerprint density at radius 1 is 1.10 bits per heavy atom. The van der Waals surface area contributed by atoms with E-state index in [0.29, 0.717) is 22.5 Å². The molecule has 0 amide bonds. The van der Waals surface area contributed by atoms with Crippen LogP contribution in [-0.4, -0.2) is 28.5 Å². The molecule has 1 aromatic heterocycles. The number of hydrogen-bond acceptors (Lipinski definition) is 4. The van der Waals surface area contributed by atoms with Gasteiger partial charge in [-0.3, -0.25) is 9.36 Å². The molecule has 2 aromatic carbocycles. The van der Waals surface area contributed by atoms with Crippen molar-refractivity contribution >= 4 is 29.5 Å². The van der Waals surface area contributed by atoms with Gasteiger partial charge < -0.3 is 9.84 Å². The van der Waals surface area contributed by atoms with Crippen molar-refractivity contribution < 1.29 is 23.8 Å². The van der Waals surface area contributed by atoms with Crippen molar-refractivity contribution in [2.75, 3.05) is 7.11 Å². The SMILES string of the molecule is COC(=O)c1c(C=C2C(=O)C=Cc3ccccc32)c(O)n(-c2ccc(F)cc2)c1C. The molecular formula is C24H18FNO4. The highest BCUT2D eigenvalue weighted by atomic mass is 19.1. The number of hydrogen-bond donors (Lipinski definition) is 1. The first-order valence-corrected chi connectivity index (χ1v) is 9.24. The summed E-state index contributed by atoms with van der Waals surface area (Å²) in [6, 6.07) is 12.9. The number of nitrogens with zero attached hydrogens (tertiary/aromatic N) is 1. The van der Waals surface area contributed by atoms with Crippen molar-refractivity contribution in [1.82, 2.24) is 4.57 Å². The number of carbonyl (C=O) groups excluding carboxylic acids is 2. The molecule has 150 valence electrons. The van der Waals surface area contributed by atoms with E-state index < -0.39 is 11.8 Å². The molecule has 5 nitrogen and oxygen atoms in total. The molecule has 4 rings (SSSR count). The summed E-state index contributed by atoms with van der Waals surface area (Å²) in [5, 5.41) is 11.0. The number of aromatic hydroxyl groups is 1. The molecule has 0 fully saturated rings. The van der Waals surface area contributed by atoms with Gasteiger partial charge in [-0.1, -0.05) is 30.3 Å². The van der Waals surface area contributed by atoms with E-state index in [1.54, 1.807) is 19.1 Å². The van der Waals surface area contributed by atoms with Gasteiger partial charge in [-0.25, -0.2) is 9.18 Å². The van der Waals surface area contributed by atoms with Crippen LogP contribution in [0.4, 0.5) is 4.39 Å². The molecule has 30 heavy (non-hydrogen) atoms. The van der Waals surface area contributed by atoms with Crippen LogP contribution >= 0.6 is 0 Å². The maximum atomic E-state index is 13.4. The number of ketones is 1. The van der Waals surface area contributed by atoms with Gasteiger partial charge in [0.05, 0.1) is 18.2 Å². The molecular weight excluding hydrogens is 385 g/mol. The molecule has 1 heterocycles. The summed E-state index contributed by atoms with van der Waals surface area (Å²) in [6.07, 6.45) is 4.68. The van der Waals surface area contributed by atoms with Gasteiger partial charge in [0.25, 0.3) is 0 Å². The summed E-state index contributed by atoms with van der Waals surface area (Å²) in [6.45, 7) is 1.65. The molecule has 3 aromatic rings. The average Bonchev–Trinajstić information content (AvgIpc) is 3.00. The number of ether oxygens (including phenoxy) is 1. The van der Waals surface area contributed by atoms with Gasteiger partial charge in [0.15, 0.2) is 5.78 Å². The van der Waals surface area contributed by atoms with E-state index in [9.17, 15) is 19.1 Å². The Hall–Kier alpha value is -3.93. The average molecular weight is 403 g/mol. The first-order chi connectivity index (χ1) is 14.4. The quantitative estimate of drug-likeness (QED) is 0.514. The highest BCUT2D eigenvalue weighted by Gasteiger charge is 2.27. The molecule has 6 heteroatoms. The predicted molar refractivity (Wildman–Crippen MR) is 112 cm³/mol. The third kappa shape index (κ3) is 3.12. The zero-order chi connectivity index (χ0) is 21.4. The smallest absolute Gasteiger partial charge is 0.340 e. The number of rotatable bonds is 3. The molecule has 0 saturated heterocycles. The van der Waals surface area contributed by atoms with Crippen LogP contribution in [0.1, 0.15) is 32.7 Å². The zero-order valence-electron chi connectivity index (χ0n) is 16.3. The maximum Gasteiger partial charge on any atom is 0.340 e. The van der Waals surface area contributed by atoms with Crippen molar-refractivity contribution in [2.24, 2.45) is 0 Å². The zero-order valence-corrected chi connectivity index (χ0v) is 16.3. The highest BCUT2D eigenvalue weighted by molar-refractivity contribution is 6.33. The second kappa shape index (κ2) is 7.48. The van der Waals surface area contributed by atoms with E-state index in [0.717, 1.165) is 5.56 Å². The van der Waals surface area contributed by atoms with E-state index in [-0.39, 0.29) is 22.8 Å². The number of carbonyl (C=O) groups is 2. The monoisotopic (exact) mass is 403 g/mol. The minimum absolute atomic E-state index is 0.131. The van der Waals surface area contributed by atoms with Crippen molar-refractivity contribution in [3.05, 3.63) is 88.4 Å². The minimum Gasteiger partial charge on any atom is -0.494 e. The fraction of sp³-hybridized carbons (Fsp3) is 0.0833. The first-order valence-electron chi connectivity index (χ1n) is 9.24. The molecule has 0 atom stereocenters. The van der Waals surface area contributed by atoms with Gasteiger partial charge in [-0.15, -0.1) is 0 Å². The molecule has 1 aliphatic carbocycles. The number of benzene rings is 2. The normalized spacial score (nSPS) is 14.1. The minimum atomic E-state index is -0.650. The summed E-state index contributed by atoms with van der Waals surface area (Å²) in [7, 11) is 1.24. The number of esters is 1. The number of methoxy groups -OCH3 is 1. The number of aromatic nitrogens is 1. The van der Waals surface area contributed by atoms with Gasteiger partial charge >= 0.3 is 5.97 Å². The van der Waals surface area contributed by atoms with Crippen molar-refractivity contribution in [3.8, 4) is 11.6 Å². The summed E-state index contributed by atoms with van der Waals surface area (Å²) >= 11 is 0. The van der Waals surface area contributed by atoms with E-state index in [2.05, 4.69) is 0 Å². The summed E-state index contributed by atoms with van der Waals surface area (Å²) in [5.41, 5.74) is 3.08. The third-order valence-electron chi connectivity index (χ3n) is 5.11. The summed E-state index contributed by atoms with van der Waals surface area (Å²) in [4.78, 5) is 25.2. The van der Waals surface area contributed by atoms with Crippen LogP contribution in [-0.2, 0) is 9.53 Å². The molecule has 1 N–H and O–H groups in total. The van der Waals surface area contributed by atoms with Crippen LogP contribution in [0.5, 0.6) is 5.88 Å².